The summed E-state index contributed by atoms with van der Waals surface area (Å²) in [5.41, 5.74) is 6.01. The molecule has 0 amide bonds. The van der Waals surface area contributed by atoms with Crippen LogP contribution in [0.5, 0.6) is 0 Å². The molecule has 0 aliphatic rings. The minimum absolute atomic E-state index is 0.581. The lowest BCUT2D eigenvalue weighted by molar-refractivity contribution is -0.368. The van der Waals surface area contributed by atoms with E-state index in [1.807, 2.05) is 41.8 Å². The van der Waals surface area contributed by atoms with E-state index in [1.54, 1.807) is 11.3 Å². The summed E-state index contributed by atoms with van der Waals surface area (Å²) in [6.07, 6.45) is 5.08. The van der Waals surface area contributed by atoms with E-state index >= 15 is 0 Å². The molecule has 2 heterocycles. The maximum atomic E-state index is 5.96. The Morgan fingerprint density at radius 3 is 2.75 bits per heavy atom. The van der Waals surface area contributed by atoms with Crippen molar-refractivity contribution in [2.24, 2.45) is 0 Å². The third kappa shape index (κ3) is 4.32. The molecular formula is C18H19ClN3OS+. The first kappa shape index (κ1) is 16.9. The number of aromatic nitrogens is 2. The van der Waals surface area contributed by atoms with Crippen LogP contribution >= 0.6 is 22.9 Å². The summed E-state index contributed by atoms with van der Waals surface area (Å²) < 4.78 is 5.51. The third-order valence-electron chi connectivity index (χ3n) is 3.60. The molecule has 0 aliphatic heterocycles. The highest BCUT2D eigenvalue weighted by molar-refractivity contribution is 7.13. The zero-order valence-electron chi connectivity index (χ0n) is 13.2. The highest BCUT2D eigenvalue weighted by Crippen LogP contribution is 2.27. The highest BCUT2D eigenvalue weighted by Gasteiger charge is 2.13. The van der Waals surface area contributed by atoms with Crippen LogP contribution in [-0.4, -0.2) is 16.7 Å². The van der Waals surface area contributed by atoms with Crippen molar-refractivity contribution in [3.63, 3.8) is 0 Å². The monoisotopic (exact) mass is 360 g/mol. The summed E-state index contributed by atoms with van der Waals surface area (Å²) in [4.78, 5) is 5.58. The van der Waals surface area contributed by atoms with Gasteiger partial charge in [0.25, 0.3) is 5.89 Å². The van der Waals surface area contributed by atoms with Crippen LogP contribution < -0.4 is 5.73 Å². The van der Waals surface area contributed by atoms with E-state index in [0.717, 1.165) is 46.8 Å². The lowest BCUT2D eigenvalue weighted by atomic mass is 10.0. The minimum atomic E-state index is 0.581. The second-order valence-corrected chi connectivity index (χ2v) is 6.82. The number of hydrogen-bond acceptors (Lipinski definition) is 4. The molecule has 0 saturated heterocycles. The summed E-state index contributed by atoms with van der Waals surface area (Å²) >= 11 is 7.56. The molecule has 124 valence electrons. The number of thiophene rings is 1. The fraction of sp³-hybridized carbons (Fsp3) is 0.222. The molecule has 3 aromatic rings. The first-order valence-electron chi connectivity index (χ1n) is 7.89. The molecule has 0 spiro atoms. The third-order valence-corrected chi connectivity index (χ3v) is 4.72. The standard InChI is InChI=1S/C18H18ClN3OS/c19-15-8-6-13(7-9-15)12-14(4-1-2-10-20)18-21-17(22-23-18)16-5-3-11-24-16/h3,5-9,11-12H,1-2,4,10,20H2/p+1/b14-12+. The van der Waals surface area contributed by atoms with Gasteiger partial charge in [-0.2, -0.15) is 4.98 Å². The van der Waals surface area contributed by atoms with Crippen molar-refractivity contribution < 1.29 is 10.3 Å². The lowest BCUT2D eigenvalue weighted by Gasteiger charge is -2.03. The van der Waals surface area contributed by atoms with Gasteiger partial charge in [-0.15, -0.1) is 11.3 Å². The molecule has 0 unspecified atom stereocenters. The van der Waals surface area contributed by atoms with Gasteiger partial charge in [-0.25, -0.2) is 0 Å². The molecule has 0 saturated carbocycles. The number of rotatable bonds is 7. The SMILES string of the molecule is [NH3+]CCCC/C(=C\c1ccc(Cl)cc1)c1nc(-c2cccs2)no1. The molecule has 4 nitrogen and oxygen atoms in total. The van der Waals surface area contributed by atoms with Crippen molar-refractivity contribution >= 4 is 34.6 Å². The Morgan fingerprint density at radius 2 is 2.04 bits per heavy atom. The Hall–Kier alpha value is -1.95. The number of nitrogens with zero attached hydrogens (tertiary/aromatic N) is 2. The fourth-order valence-corrected chi connectivity index (χ4v) is 3.13. The molecular weight excluding hydrogens is 342 g/mol. The summed E-state index contributed by atoms with van der Waals surface area (Å²) in [6, 6.07) is 11.7. The first-order chi connectivity index (χ1) is 11.8. The normalized spacial score (nSPS) is 11.8. The number of hydrogen-bond donors (Lipinski definition) is 1. The van der Waals surface area contributed by atoms with Gasteiger partial charge in [0.1, 0.15) is 0 Å². The van der Waals surface area contributed by atoms with Crippen LogP contribution in [0, 0.1) is 0 Å². The maximum absolute atomic E-state index is 5.96. The molecule has 0 atom stereocenters. The molecule has 3 rings (SSSR count). The number of halogens is 1. The second kappa shape index (κ2) is 8.24. The predicted octanol–water partition coefficient (Wildman–Crippen LogP) is 4.40. The minimum Gasteiger partial charge on any atom is -0.358 e. The Kier molecular flexibility index (Phi) is 5.80. The van der Waals surface area contributed by atoms with E-state index in [4.69, 9.17) is 16.1 Å². The van der Waals surface area contributed by atoms with Crippen LogP contribution in [0.1, 0.15) is 30.7 Å². The van der Waals surface area contributed by atoms with Gasteiger partial charge in [-0.1, -0.05) is 35.0 Å². The number of benzene rings is 1. The van der Waals surface area contributed by atoms with E-state index in [2.05, 4.69) is 22.0 Å². The van der Waals surface area contributed by atoms with Crippen molar-refractivity contribution in [1.82, 2.24) is 10.1 Å². The summed E-state index contributed by atoms with van der Waals surface area (Å²) in [6.45, 7) is 0.929. The molecule has 2 aromatic heterocycles. The van der Waals surface area contributed by atoms with Crippen LogP contribution in [0.4, 0.5) is 0 Å². The van der Waals surface area contributed by atoms with Gasteiger partial charge < -0.3 is 10.3 Å². The van der Waals surface area contributed by atoms with E-state index in [9.17, 15) is 0 Å². The van der Waals surface area contributed by atoms with Crippen LogP contribution in [0.15, 0.2) is 46.3 Å². The topological polar surface area (TPSA) is 66.6 Å². The smallest absolute Gasteiger partial charge is 0.254 e. The van der Waals surface area contributed by atoms with E-state index in [-0.39, 0.29) is 0 Å². The van der Waals surface area contributed by atoms with Gasteiger partial charge in [-0.05, 0) is 54.5 Å². The van der Waals surface area contributed by atoms with Crippen LogP contribution in [0.2, 0.25) is 5.02 Å². The second-order valence-electron chi connectivity index (χ2n) is 5.43. The Balaban J connectivity index is 1.88. The van der Waals surface area contributed by atoms with Gasteiger partial charge in [0.05, 0.1) is 11.4 Å². The quantitative estimate of drug-likeness (QED) is 0.635. The van der Waals surface area contributed by atoms with Crippen molar-refractivity contribution in [3.8, 4) is 10.7 Å². The summed E-state index contributed by atoms with van der Waals surface area (Å²) in [7, 11) is 0. The molecule has 1 aromatic carbocycles. The first-order valence-corrected chi connectivity index (χ1v) is 9.15. The van der Waals surface area contributed by atoms with Gasteiger partial charge in [0.2, 0.25) is 5.82 Å². The van der Waals surface area contributed by atoms with E-state index < -0.39 is 0 Å². The number of quaternary nitrogens is 1. The molecule has 6 heteroatoms. The van der Waals surface area contributed by atoms with Crippen LogP contribution in [-0.2, 0) is 0 Å². The average Bonchev–Trinajstić information content (AvgIpc) is 3.27. The molecule has 0 radical (unpaired) electrons. The number of unbranched alkanes of at least 4 members (excludes halogenated alkanes) is 1. The molecule has 24 heavy (non-hydrogen) atoms. The zero-order valence-corrected chi connectivity index (χ0v) is 14.8. The van der Waals surface area contributed by atoms with E-state index in [1.165, 1.54) is 0 Å². The zero-order chi connectivity index (χ0) is 16.8. The Labute approximate surface area is 150 Å². The fourth-order valence-electron chi connectivity index (χ4n) is 2.35. The number of allylic oxidation sites excluding steroid dienone is 1. The maximum Gasteiger partial charge on any atom is 0.254 e. The van der Waals surface area contributed by atoms with Crippen molar-refractivity contribution in [2.45, 2.75) is 19.3 Å². The van der Waals surface area contributed by atoms with Crippen LogP contribution in [0.25, 0.3) is 22.4 Å². The average molecular weight is 361 g/mol. The van der Waals surface area contributed by atoms with Gasteiger partial charge in [0, 0.05) is 10.6 Å². The largest absolute Gasteiger partial charge is 0.358 e. The molecule has 3 N–H and O–H groups in total. The summed E-state index contributed by atoms with van der Waals surface area (Å²) in [5.74, 6) is 1.22. The Bertz CT molecular complexity index is 794. The van der Waals surface area contributed by atoms with Crippen molar-refractivity contribution in [1.29, 1.82) is 0 Å². The lowest BCUT2D eigenvalue weighted by Crippen LogP contribution is -2.50. The molecule has 0 bridgehead atoms. The predicted molar refractivity (Wildman–Crippen MR) is 98.5 cm³/mol. The molecule has 0 aliphatic carbocycles. The van der Waals surface area contributed by atoms with Gasteiger partial charge in [-0.3, -0.25) is 0 Å². The van der Waals surface area contributed by atoms with Gasteiger partial charge >= 0.3 is 0 Å². The van der Waals surface area contributed by atoms with Gasteiger partial charge in [0.15, 0.2) is 0 Å². The summed E-state index contributed by atoms with van der Waals surface area (Å²) in [5, 5.41) is 6.84. The Morgan fingerprint density at radius 1 is 1.21 bits per heavy atom. The molecule has 0 fully saturated rings. The van der Waals surface area contributed by atoms with Crippen LogP contribution in [0.3, 0.4) is 0 Å². The highest BCUT2D eigenvalue weighted by atomic mass is 35.5. The van der Waals surface area contributed by atoms with Crippen molar-refractivity contribution in [3.05, 3.63) is 58.3 Å². The van der Waals surface area contributed by atoms with Crippen molar-refractivity contribution in [2.75, 3.05) is 6.54 Å². The van der Waals surface area contributed by atoms with E-state index in [0.29, 0.717) is 11.7 Å².